The van der Waals surface area contributed by atoms with Crippen LogP contribution in [0, 0.1) is 0 Å². The van der Waals surface area contributed by atoms with Gasteiger partial charge in [0, 0.05) is 18.4 Å². The van der Waals surface area contributed by atoms with E-state index in [1.165, 1.54) is 5.56 Å². The third-order valence-electron chi connectivity index (χ3n) is 3.07. The molecule has 1 aromatic carbocycles. The van der Waals surface area contributed by atoms with E-state index in [-0.39, 0.29) is 11.3 Å². The Labute approximate surface area is 90.0 Å². The van der Waals surface area contributed by atoms with Gasteiger partial charge in [0.05, 0.1) is 0 Å². The fourth-order valence-corrected chi connectivity index (χ4v) is 2.00. The van der Waals surface area contributed by atoms with Gasteiger partial charge in [0.15, 0.2) is 0 Å². The molecule has 1 aliphatic rings. The van der Waals surface area contributed by atoms with Crippen LogP contribution in [0.15, 0.2) is 30.8 Å². The molecule has 1 amide bonds. The van der Waals surface area contributed by atoms with E-state index in [1.54, 1.807) is 0 Å². The number of carbonyl (C=O) groups excluding carboxylic acids is 1. The summed E-state index contributed by atoms with van der Waals surface area (Å²) in [6.07, 6.45) is 2.41. The molecule has 1 heterocycles. The molecule has 1 unspecified atom stereocenters. The molecular weight excluding hydrogens is 186 g/mol. The van der Waals surface area contributed by atoms with Gasteiger partial charge in [-0.3, -0.25) is 4.79 Å². The average molecular weight is 201 g/mol. The number of rotatable bonds is 2. The van der Waals surface area contributed by atoms with Crippen LogP contribution in [0.1, 0.15) is 24.5 Å². The molecule has 0 radical (unpaired) electrons. The number of carbonyl (C=O) groups is 1. The van der Waals surface area contributed by atoms with Crippen molar-refractivity contribution in [3.8, 4) is 0 Å². The summed E-state index contributed by atoms with van der Waals surface area (Å²) in [5, 5.41) is 2.88. The maximum Gasteiger partial charge on any atom is 0.220 e. The van der Waals surface area contributed by atoms with E-state index in [9.17, 15) is 4.79 Å². The highest BCUT2D eigenvalue weighted by Gasteiger charge is 2.35. The van der Waals surface area contributed by atoms with Gasteiger partial charge in [-0.1, -0.05) is 43.8 Å². The number of hydrogen-bond donors (Lipinski definition) is 1. The zero-order valence-electron chi connectivity index (χ0n) is 8.92. The van der Waals surface area contributed by atoms with Crippen molar-refractivity contribution < 1.29 is 4.79 Å². The molecule has 1 atom stereocenters. The quantitative estimate of drug-likeness (QED) is 0.780. The molecule has 0 saturated carbocycles. The molecule has 1 aliphatic heterocycles. The zero-order valence-corrected chi connectivity index (χ0v) is 8.92. The molecule has 0 bridgehead atoms. The Balaban J connectivity index is 2.29. The predicted octanol–water partition coefficient (Wildman–Crippen LogP) is 2.11. The lowest BCUT2D eigenvalue weighted by molar-refractivity contribution is -0.119. The van der Waals surface area contributed by atoms with Crippen molar-refractivity contribution in [2.45, 2.75) is 18.8 Å². The Kier molecular flexibility index (Phi) is 2.35. The lowest BCUT2D eigenvalue weighted by Crippen LogP contribution is -2.24. The van der Waals surface area contributed by atoms with Crippen LogP contribution >= 0.6 is 0 Å². The Morgan fingerprint density at radius 3 is 2.53 bits per heavy atom. The van der Waals surface area contributed by atoms with E-state index in [1.807, 2.05) is 18.2 Å². The molecule has 1 fully saturated rings. The first-order chi connectivity index (χ1) is 7.14. The smallest absolute Gasteiger partial charge is 0.220 e. The van der Waals surface area contributed by atoms with Crippen molar-refractivity contribution in [2.75, 3.05) is 6.54 Å². The van der Waals surface area contributed by atoms with Crippen molar-refractivity contribution in [3.05, 3.63) is 42.0 Å². The largest absolute Gasteiger partial charge is 0.355 e. The van der Waals surface area contributed by atoms with Gasteiger partial charge in [0.25, 0.3) is 0 Å². The molecule has 0 spiro atoms. The minimum Gasteiger partial charge on any atom is -0.355 e. The summed E-state index contributed by atoms with van der Waals surface area (Å²) in [5.74, 6) is 0.144. The number of benzene rings is 1. The van der Waals surface area contributed by atoms with Crippen molar-refractivity contribution in [1.82, 2.24) is 5.32 Å². The topological polar surface area (TPSA) is 29.1 Å². The standard InChI is InChI=1S/C13H15NO/c1-3-10-4-6-11(7-5-10)13(2)8-12(15)14-9-13/h3-7H,1,8-9H2,2H3,(H,14,15). The molecule has 2 nitrogen and oxygen atoms in total. The Hall–Kier alpha value is -1.57. The van der Waals surface area contributed by atoms with E-state index < -0.39 is 0 Å². The highest BCUT2D eigenvalue weighted by atomic mass is 16.1. The van der Waals surface area contributed by atoms with Gasteiger partial charge in [-0.15, -0.1) is 0 Å². The molecule has 0 aromatic heterocycles. The van der Waals surface area contributed by atoms with E-state index in [0.717, 1.165) is 12.1 Å². The highest BCUT2D eigenvalue weighted by Crippen LogP contribution is 2.30. The summed E-state index contributed by atoms with van der Waals surface area (Å²) in [7, 11) is 0. The summed E-state index contributed by atoms with van der Waals surface area (Å²) < 4.78 is 0. The van der Waals surface area contributed by atoms with Crippen molar-refractivity contribution >= 4 is 12.0 Å². The van der Waals surface area contributed by atoms with Gasteiger partial charge in [0.2, 0.25) is 5.91 Å². The summed E-state index contributed by atoms with van der Waals surface area (Å²) >= 11 is 0. The van der Waals surface area contributed by atoms with E-state index in [0.29, 0.717) is 6.42 Å². The first kappa shape index (κ1) is 9.97. The fraction of sp³-hybridized carbons (Fsp3) is 0.308. The molecule has 1 N–H and O–H groups in total. The lowest BCUT2D eigenvalue weighted by atomic mass is 9.81. The van der Waals surface area contributed by atoms with E-state index in [2.05, 4.69) is 31.0 Å². The van der Waals surface area contributed by atoms with Crippen LogP contribution in [0.25, 0.3) is 6.08 Å². The second-order valence-electron chi connectivity index (χ2n) is 4.34. The first-order valence-corrected chi connectivity index (χ1v) is 5.14. The van der Waals surface area contributed by atoms with Gasteiger partial charge in [-0.05, 0) is 11.1 Å². The second-order valence-corrected chi connectivity index (χ2v) is 4.34. The van der Waals surface area contributed by atoms with Crippen molar-refractivity contribution in [3.63, 3.8) is 0 Å². The minimum absolute atomic E-state index is 0.0449. The normalized spacial score (nSPS) is 25.0. The van der Waals surface area contributed by atoms with Crippen LogP contribution < -0.4 is 5.32 Å². The summed E-state index contributed by atoms with van der Waals surface area (Å²) in [4.78, 5) is 11.2. The van der Waals surface area contributed by atoms with Crippen LogP contribution in [0.4, 0.5) is 0 Å². The van der Waals surface area contributed by atoms with Crippen LogP contribution in [-0.2, 0) is 10.2 Å². The number of nitrogens with one attached hydrogen (secondary N) is 1. The summed E-state index contributed by atoms with van der Waals surface area (Å²) in [6.45, 7) is 6.58. The van der Waals surface area contributed by atoms with E-state index >= 15 is 0 Å². The number of hydrogen-bond acceptors (Lipinski definition) is 1. The summed E-state index contributed by atoms with van der Waals surface area (Å²) in [6, 6.07) is 8.24. The van der Waals surface area contributed by atoms with Crippen LogP contribution in [0.5, 0.6) is 0 Å². The van der Waals surface area contributed by atoms with Gasteiger partial charge < -0.3 is 5.32 Å². The molecule has 0 aliphatic carbocycles. The summed E-state index contributed by atoms with van der Waals surface area (Å²) in [5.41, 5.74) is 2.28. The monoisotopic (exact) mass is 201 g/mol. The Morgan fingerprint density at radius 2 is 2.07 bits per heavy atom. The lowest BCUT2D eigenvalue weighted by Gasteiger charge is -2.21. The third kappa shape index (κ3) is 1.80. The SMILES string of the molecule is C=Cc1ccc(C2(C)CNC(=O)C2)cc1. The minimum atomic E-state index is -0.0449. The van der Waals surface area contributed by atoms with Gasteiger partial charge in [-0.2, -0.15) is 0 Å². The Bertz CT molecular complexity index is 394. The third-order valence-corrected chi connectivity index (χ3v) is 3.07. The molecule has 1 saturated heterocycles. The van der Waals surface area contributed by atoms with Gasteiger partial charge in [-0.25, -0.2) is 0 Å². The number of amides is 1. The van der Waals surface area contributed by atoms with E-state index in [4.69, 9.17) is 0 Å². The molecule has 1 aromatic rings. The fourth-order valence-electron chi connectivity index (χ4n) is 2.00. The maximum atomic E-state index is 11.2. The van der Waals surface area contributed by atoms with Crippen LogP contribution in [-0.4, -0.2) is 12.5 Å². The van der Waals surface area contributed by atoms with Crippen molar-refractivity contribution in [2.24, 2.45) is 0 Å². The molecular formula is C13H15NO. The maximum absolute atomic E-state index is 11.2. The second kappa shape index (κ2) is 3.54. The Morgan fingerprint density at radius 1 is 1.40 bits per heavy atom. The van der Waals surface area contributed by atoms with Gasteiger partial charge >= 0.3 is 0 Å². The molecule has 78 valence electrons. The van der Waals surface area contributed by atoms with Crippen LogP contribution in [0.3, 0.4) is 0 Å². The predicted molar refractivity (Wildman–Crippen MR) is 61.5 cm³/mol. The van der Waals surface area contributed by atoms with Gasteiger partial charge in [0.1, 0.15) is 0 Å². The van der Waals surface area contributed by atoms with Crippen molar-refractivity contribution in [1.29, 1.82) is 0 Å². The highest BCUT2D eigenvalue weighted by molar-refractivity contribution is 5.80. The molecule has 2 rings (SSSR count). The first-order valence-electron chi connectivity index (χ1n) is 5.14. The molecule has 2 heteroatoms. The molecule has 15 heavy (non-hydrogen) atoms. The van der Waals surface area contributed by atoms with Crippen LogP contribution in [0.2, 0.25) is 0 Å². The average Bonchev–Trinajstić information content (AvgIpc) is 2.60. The zero-order chi connectivity index (χ0) is 10.9.